The zero-order valence-electron chi connectivity index (χ0n) is 22.2. The molecule has 0 spiro atoms. The summed E-state index contributed by atoms with van der Waals surface area (Å²) in [7, 11) is 0. The first-order valence-corrected chi connectivity index (χ1v) is 13.0. The van der Waals surface area contributed by atoms with Gasteiger partial charge in [-0.05, 0) is 62.8 Å². The number of hydrogen-bond acceptors (Lipinski definition) is 4. The van der Waals surface area contributed by atoms with Gasteiger partial charge in [0.15, 0.2) is 5.82 Å². The van der Waals surface area contributed by atoms with Gasteiger partial charge in [-0.25, -0.2) is 9.37 Å². The first-order valence-electron chi connectivity index (χ1n) is 12.7. The van der Waals surface area contributed by atoms with E-state index >= 15 is 0 Å². The number of benzene rings is 1. The summed E-state index contributed by atoms with van der Waals surface area (Å²) in [5, 5.41) is 9.87. The lowest BCUT2D eigenvalue weighted by Crippen LogP contribution is -2.47. The monoisotopic (exact) mass is 519 g/mol. The van der Waals surface area contributed by atoms with E-state index in [-0.39, 0.29) is 29.7 Å². The van der Waals surface area contributed by atoms with Crippen molar-refractivity contribution >= 4 is 29.2 Å². The van der Waals surface area contributed by atoms with E-state index in [2.05, 4.69) is 20.9 Å². The number of carbonyl (C=O) groups excluding carboxylic acids is 2. The quantitative estimate of drug-likeness (QED) is 0.443. The van der Waals surface area contributed by atoms with Crippen LogP contribution in [0.4, 0.5) is 10.2 Å². The molecule has 2 aromatic rings. The average Bonchev–Trinajstić information content (AvgIpc) is 3.26. The Bertz CT molecular complexity index is 1090. The first kappa shape index (κ1) is 28.1. The van der Waals surface area contributed by atoms with E-state index in [1.54, 1.807) is 18.6 Å². The van der Waals surface area contributed by atoms with Crippen LogP contribution in [0.25, 0.3) is 0 Å². The molecule has 1 aromatic carbocycles. The Morgan fingerprint density at radius 2 is 1.97 bits per heavy atom. The Kier molecular flexibility index (Phi) is 8.83. The highest BCUT2D eigenvalue weighted by Crippen LogP contribution is 2.29. The standard InChI is InChI=1S/C27H39ClFN5O2/c1-7-8-22(32-19-10-9-17-11-18(29)12-21(28)20(17)13-19)24(35)33-23-14-34(16-31-23)27(5,6)15-30-25(36)26(2,3)4/h11-12,14,16,19,22,32H,7-10,13,15H2,1-6H3,(H,30,36)(H,33,35)/t19-,22?/m0/s1. The number of imidazole rings is 1. The molecule has 1 unspecified atom stereocenters. The van der Waals surface area contributed by atoms with Gasteiger partial charge >= 0.3 is 0 Å². The molecule has 3 rings (SSSR count). The molecule has 0 bridgehead atoms. The molecule has 0 aliphatic heterocycles. The minimum Gasteiger partial charge on any atom is -0.353 e. The minimum atomic E-state index is -0.465. The van der Waals surface area contributed by atoms with Gasteiger partial charge in [-0.3, -0.25) is 9.59 Å². The summed E-state index contributed by atoms with van der Waals surface area (Å²) in [6, 6.07) is 2.60. The van der Waals surface area contributed by atoms with Crippen molar-refractivity contribution < 1.29 is 14.0 Å². The maximum Gasteiger partial charge on any atom is 0.242 e. The number of aryl methyl sites for hydroxylation is 1. The Morgan fingerprint density at radius 3 is 2.64 bits per heavy atom. The van der Waals surface area contributed by atoms with Gasteiger partial charge in [0, 0.05) is 29.2 Å². The SMILES string of the molecule is CCCC(N[C@H]1CCc2cc(F)cc(Cl)c2C1)C(=O)Nc1cn(C(C)(C)CNC(=O)C(C)(C)C)cn1. The molecule has 7 nitrogen and oxygen atoms in total. The van der Waals surface area contributed by atoms with Crippen molar-refractivity contribution in [2.75, 3.05) is 11.9 Å². The predicted octanol–water partition coefficient (Wildman–Crippen LogP) is 4.83. The van der Waals surface area contributed by atoms with Crippen molar-refractivity contribution in [3.63, 3.8) is 0 Å². The van der Waals surface area contributed by atoms with Crippen molar-refractivity contribution in [1.82, 2.24) is 20.2 Å². The van der Waals surface area contributed by atoms with E-state index < -0.39 is 11.0 Å². The number of amides is 2. The van der Waals surface area contributed by atoms with Gasteiger partial charge in [-0.2, -0.15) is 0 Å². The number of halogens is 2. The van der Waals surface area contributed by atoms with Gasteiger partial charge in [0.05, 0.1) is 17.9 Å². The molecule has 1 aliphatic rings. The van der Waals surface area contributed by atoms with E-state index in [1.807, 2.05) is 46.1 Å². The molecule has 0 saturated carbocycles. The molecule has 0 fully saturated rings. The largest absolute Gasteiger partial charge is 0.353 e. The number of rotatable bonds is 9. The smallest absolute Gasteiger partial charge is 0.242 e. The normalized spacial score (nSPS) is 16.8. The molecule has 9 heteroatoms. The van der Waals surface area contributed by atoms with E-state index in [9.17, 15) is 14.0 Å². The van der Waals surface area contributed by atoms with Gasteiger partial charge in [-0.1, -0.05) is 45.7 Å². The summed E-state index contributed by atoms with van der Waals surface area (Å²) in [6.45, 7) is 12.1. The molecule has 2 atom stereocenters. The fourth-order valence-corrected chi connectivity index (χ4v) is 4.68. The third kappa shape index (κ3) is 7.07. The van der Waals surface area contributed by atoms with Crippen molar-refractivity contribution in [1.29, 1.82) is 0 Å². The van der Waals surface area contributed by atoms with Crippen LogP contribution in [0.15, 0.2) is 24.7 Å². The number of nitrogens with zero attached hydrogens (tertiary/aromatic N) is 2. The Labute approximate surface area is 218 Å². The topological polar surface area (TPSA) is 88.0 Å². The van der Waals surface area contributed by atoms with E-state index in [0.29, 0.717) is 30.2 Å². The van der Waals surface area contributed by atoms with Gasteiger partial charge in [0.1, 0.15) is 5.82 Å². The van der Waals surface area contributed by atoms with Crippen LogP contribution in [0.5, 0.6) is 0 Å². The molecular formula is C27H39ClFN5O2. The van der Waals surface area contributed by atoms with Crippen LogP contribution >= 0.6 is 11.6 Å². The summed E-state index contributed by atoms with van der Waals surface area (Å²) in [4.78, 5) is 29.8. The van der Waals surface area contributed by atoms with Crippen molar-refractivity contribution in [2.24, 2.45) is 5.41 Å². The Morgan fingerprint density at radius 1 is 1.25 bits per heavy atom. The zero-order chi connectivity index (χ0) is 26.7. The number of anilines is 1. The first-order chi connectivity index (χ1) is 16.8. The van der Waals surface area contributed by atoms with E-state index in [1.165, 1.54) is 6.07 Å². The minimum absolute atomic E-state index is 0.0190. The summed E-state index contributed by atoms with van der Waals surface area (Å²) in [5.74, 6) is -0.00960. The molecule has 1 heterocycles. The van der Waals surface area contributed by atoms with Crippen LogP contribution in [-0.2, 0) is 28.0 Å². The molecular weight excluding hydrogens is 481 g/mol. The number of hydrogen-bond donors (Lipinski definition) is 3. The molecule has 1 aliphatic carbocycles. The maximum absolute atomic E-state index is 13.7. The highest BCUT2D eigenvalue weighted by molar-refractivity contribution is 6.31. The van der Waals surface area contributed by atoms with Crippen LogP contribution < -0.4 is 16.0 Å². The third-order valence-corrected chi connectivity index (χ3v) is 7.03. The lowest BCUT2D eigenvalue weighted by molar-refractivity contribution is -0.128. The summed E-state index contributed by atoms with van der Waals surface area (Å²) >= 11 is 6.30. The molecule has 36 heavy (non-hydrogen) atoms. The second-order valence-corrected chi connectivity index (χ2v) is 11.8. The number of fused-ring (bicyclic) bond motifs is 1. The lowest BCUT2D eigenvalue weighted by Gasteiger charge is -2.30. The highest BCUT2D eigenvalue weighted by Gasteiger charge is 2.28. The fourth-order valence-electron chi connectivity index (χ4n) is 4.38. The Hall–Kier alpha value is -2.45. The molecule has 1 aromatic heterocycles. The van der Waals surface area contributed by atoms with E-state index in [0.717, 1.165) is 30.4 Å². The van der Waals surface area contributed by atoms with Crippen molar-refractivity contribution in [3.05, 3.63) is 46.6 Å². The summed E-state index contributed by atoms with van der Waals surface area (Å²) < 4.78 is 15.6. The average molecular weight is 520 g/mol. The highest BCUT2D eigenvalue weighted by atomic mass is 35.5. The fraction of sp³-hybridized carbons (Fsp3) is 0.593. The van der Waals surface area contributed by atoms with Crippen molar-refractivity contribution in [2.45, 2.75) is 91.3 Å². The molecule has 0 saturated heterocycles. The van der Waals surface area contributed by atoms with Gasteiger partial charge in [0.2, 0.25) is 11.8 Å². The third-order valence-electron chi connectivity index (χ3n) is 6.69. The lowest BCUT2D eigenvalue weighted by atomic mass is 9.87. The van der Waals surface area contributed by atoms with Crippen molar-refractivity contribution in [3.8, 4) is 0 Å². The molecule has 3 N–H and O–H groups in total. The van der Waals surface area contributed by atoms with Crippen LogP contribution in [0, 0.1) is 11.2 Å². The van der Waals surface area contributed by atoms with Crippen LogP contribution in [0.1, 0.15) is 71.9 Å². The van der Waals surface area contributed by atoms with Gasteiger partial charge in [-0.15, -0.1) is 0 Å². The predicted molar refractivity (Wildman–Crippen MR) is 142 cm³/mol. The van der Waals surface area contributed by atoms with Crippen LogP contribution in [0.2, 0.25) is 5.02 Å². The number of aromatic nitrogens is 2. The molecule has 198 valence electrons. The van der Waals surface area contributed by atoms with Crippen LogP contribution in [0.3, 0.4) is 0 Å². The Balaban J connectivity index is 1.62. The van der Waals surface area contributed by atoms with Gasteiger partial charge < -0.3 is 20.5 Å². The maximum atomic E-state index is 13.7. The second-order valence-electron chi connectivity index (χ2n) is 11.4. The summed E-state index contributed by atoms with van der Waals surface area (Å²) in [5.41, 5.74) is 1.01. The second kappa shape index (κ2) is 11.3. The van der Waals surface area contributed by atoms with Crippen LogP contribution in [-0.4, -0.2) is 40.0 Å². The molecule has 2 amide bonds. The van der Waals surface area contributed by atoms with Gasteiger partial charge in [0.25, 0.3) is 0 Å². The number of nitrogens with one attached hydrogen (secondary N) is 3. The number of carbonyl (C=O) groups is 2. The molecule has 0 radical (unpaired) electrons. The van der Waals surface area contributed by atoms with E-state index in [4.69, 9.17) is 11.6 Å². The summed E-state index contributed by atoms with van der Waals surface area (Å²) in [6.07, 6.45) is 7.16. The zero-order valence-corrected chi connectivity index (χ0v) is 22.9.